The van der Waals surface area contributed by atoms with Gasteiger partial charge in [-0.1, -0.05) is 11.6 Å². The number of methoxy groups -OCH3 is 2. The minimum Gasteiger partial charge on any atom is -0.507 e. The average molecular weight is 228 g/mol. The number of hydrogen-bond donors (Lipinski definition) is 1. The first-order valence-corrected chi connectivity index (χ1v) is 4.52. The van der Waals surface area contributed by atoms with Gasteiger partial charge < -0.3 is 14.6 Å². The third-order valence-corrected chi connectivity index (χ3v) is 2.34. The van der Waals surface area contributed by atoms with Crippen LogP contribution in [0, 0.1) is 11.3 Å². The van der Waals surface area contributed by atoms with Crippen LogP contribution < -0.4 is 9.47 Å². The average Bonchev–Trinajstić information content (AvgIpc) is 2.23. The maximum absolute atomic E-state index is 9.58. The standard InChI is InChI=1S/C10H10ClNO3/c1-14-8-5-7(13)6(3-4-12)9(11)10(8)15-2/h5,13H,3H2,1-2H3. The lowest BCUT2D eigenvalue weighted by molar-refractivity contribution is 0.351. The summed E-state index contributed by atoms with van der Waals surface area (Å²) in [5.41, 5.74) is 0.344. The van der Waals surface area contributed by atoms with Crippen LogP contribution in [0.1, 0.15) is 5.56 Å². The van der Waals surface area contributed by atoms with Gasteiger partial charge in [0.2, 0.25) is 0 Å². The molecule has 4 nitrogen and oxygen atoms in total. The summed E-state index contributed by atoms with van der Waals surface area (Å²) in [5.74, 6) is 0.586. The van der Waals surface area contributed by atoms with Crippen LogP contribution in [-0.4, -0.2) is 19.3 Å². The Morgan fingerprint density at radius 1 is 1.47 bits per heavy atom. The summed E-state index contributed by atoms with van der Waals surface area (Å²) in [4.78, 5) is 0. The van der Waals surface area contributed by atoms with Crippen molar-refractivity contribution in [2.24, 2.45) is 0 Å². The Morgan fingerprint density at radius 3 is 2.60 bits per heavy atom. The second kappa shape index (κ2) is 4.76. The van der Waals surface area contributed by atoms with Crippen molar-refractivity contribution in [3.63, 3.8) is 0 Å². The smallest absolute Gasteiger partial charge is 0.179 e. The molecule has 0 heterocycles. The molecule has 1 aromatic rings. The summed E-state index contributed by atoms with van der Waals surface area (Å²) in [6.45, 7) is 0. The molecule has 1 N–H and O–H groups in total. The van der Waals surface area contributed by atoms with E-state index >= 15 is 0 Å². The first-order chi connectivity index (χ1) is 7.15. The predicted molar refractivity (Wildman–Crippen MR) is 55.5 cm³/mol. The number of aromatic hydroxyl groups is 1. The first-order valence-electron chi connectivity index (χ1n) is 4.15. The molecule has 15 heavy (non-hydrogen) atoms. The summed E-state index contributed by atoms with van der Waals surface area (Å²) >= 11 is 5.96. The second-order valence-corrected chi connectivity index (χ2v) is 3.14. The molecule has 0 aromatic heterocycles. The molecule has 0 aliphatic heterocycles. The maximum atomic E-state index is 9.58. The number of nitriles is 1. The molecule has 0 saturated heterocycles. The van der Waals surface area contributed by atoms with E-state index in [0.717, 1.165) is 0 Å². The Balaban J connectivity index is 3.39. The summed E-state index contributed by atoms with van der Waals surface area (Å²) < 4.78 is 10.0. The zero-order valence-corrected chi connectivity index (χ0v) is 9.13. The van der Waals surface area contributed by atoms with E-state index in [1.54, 1.807) is 0 Å². The van der Waals surface area contributed by atoms with Gasteiger partial charge in [0, 0.05) is 11.6 Å². The Kier molecular flexibility index (Phi) is 3.64. The van der Waals surface area contributed by atoms with Crippen LogP contribution in [0.25, 0.3) is 0 Å². The van der Waals surface area contributed by atoms with Crippen molar-refractivity contribution in [3.8, 4) is 23.3 Å². The van der Waals surface area contributed by atoms with Gasteiger partial charge >= 0.3 is 0 Å². The molecular weight excluding hydrogens is 218 g/mol. The molecule has 5 heteroatoms. The minimum absolute atomic E-state index is 0.0189. The molecular formula is C10H10ClNO3. The Hall–Kier alpha value is -1.60. The first kappa shape index (κ1) is 11.5. The topological polar surface area (TPSA) is 62.5 Å². The van der Waals surface area contributed by atoms with Crippen molar-refractivity contribution in [1.29, 1.82) is 5.26 Å². The van der Waals surface area contributed by atoms with Crippen LogP contribution in [0.5, 0.6) is 17.2 Å². The molecule has 0 spiro atoms. The third-order valence-electron chi connectivity index (χ3n) is 1.94. The van der Waals surface area contributed by atoms with Crippen molar-refractivity contribution in [1.82, 2.24) is 0 Å². The van der Waals surface area contributed by atoms with E-state index < -0.39 is 0 Å². The molecule has 0 bridgehead atoms. The Morgan fingerprint density at radius 2 is 2.13 bits per heavy atom. The number of phenols is 1. The number of phenolic OH excluding ortho intramolecular Hbond substituents is 1. The Labute approximate surface area is 92.6 Å². The van der Waals surface area contributed by atoms with Gasteiger partial charge in [0.15, 0.2) is 11.5 Å². The van der Waals surface area contributed by atoms with Gasteiger partial charge in [-0.3, -0.25) is 0 Å². The molecule has 0 aliphatic carbocycles. The quantitative estimate of drug-likeness (QED) is 0.859. The summed E-state index contributed by atoms with van der Waals surface area (Å²) in [7, 11) is 2.88. The van der Waals surface area contributed by atoms with Crippen molar-refractivity contribution in [3.05, 3.63) is 16.7 Å². The predicted octanol–water partition coefficient (Wildman–Crippen LogP) is 2.13. The van der Waals surface area contributed by atoms with E-state index in [4.69, 9.17) is 26.3 Å². The van der Waals surface area contributed by atoms with Crippen molar-refractivity contribution >= 4 is 11.6 Å². The summed E-state index contributed by atoms with van der Waals surface area (Å²) in [6, 6.07) is 3.29. The van der Waals surface area contributed by atoms with E-state index in [2.05, 4.69) is 0 Å². The zero-order valence-electron chi connectivity index (χ0n) is 8.37. The molecule has 0 aliphatic rings. The van der Waals surface area contributed by atoms with Gasteiger partial charge in [0.1, 0.15) is 5.75 Å². The van der Waals surface area contributed by atoms with Crippen LogP contribution in [0.2, 0.25) is 5.02 Å². The largest absolute Gasteiger partial charge is 0.507 e. The van der Waals surface area contributed by atoms with Crippen LogP contribution in [-0.2, 0) is 6.42 Å². The lowest BCUT2D eigenvalue weighted by Crippen LogP contribution is -1.95. The lowest BCUT2D eigenvalue weighted by atomic mass is 10.1. The van der Waals surface area contributed by atoms with Crippen molar-refractivity contribution < 1.29 is 14.6 Å². The van der Waals surface area contributed by atoms with E-state index in [-0.39, 0.29) is 17.2 Å². The number of benzene rings is 1. The van der Waals surface area contributed by atoms with E-state index in [9.17, 15) is 5.11 Å². The molecule has 80 valence electrons. The fraction of sp³-hybridized carbons (Fsp3) is 0.300. The van der Waals surface area contributed by atoms with Crippen LogP contribution in [0.4, 0.5) is 0 Å². The summed E-state index contributed by atoms with van der Waals surface area (Å²) in [6.07, 6.45) is 0.0189. The Bertz CT molecular complexity index is 412. The molecule has 0 unspecified atom stereocenters. The van der Waals surface area contributed by atoms with Gasteiger partial charge in [-0.05, 0) is 0 Å². The molecule has 1 aromatic carbocycles. The lowest BCUT2D eigenvalue weighted by Gasteiger charge is -2.12. The zero-order chi connectivity index (χ0) is 11.4. The monoisotopic (exact) mass is 227 g/mol. The number of rotatable bonds is 3. The van der Waals surface area contributed by atoms with Gasteiger partial charge in [-0.25, -0.2) is 0 Å². The molecule has 0 atom stereocenters. The highest BCUT2D eigenvalue weighted by Crippen LogP contribution is 2.42. The fourth-order valence-electron chi connectivity index (χ4n) is 1.22. The number of hydrogen-bond acceptors (Lipinski definition) is 4. The minimum atomic E-state index is -0.0702. The molecule has 0 fully saturated rings. The molecule has 0 radical (unpaired) electrons. The van der Waals surface area contributed by atoms with Crippen LogP contribution in [0.3, 0.4) is 0 Å². The van der Waals surface area contributed by atoms with Gasteiger partial charge in [0.05, 0.1) is 31.7 Å². The number of ether oxygens (including phenoxy) is 2. The number of halogens is 1. The van der Waals surface area contributed by atoms with Crippen LogP contribution in [0.15, 0.2) is 6.07 Å². The maximum Gasteiger partial charge on any atom is 0.179 e. The normalized spacial score (nSPS) is 9.47. The summed E-state index contributed by atoms with van der Waals surface area (Å²) in [5, 5.41) is 18.4. The van der Waals surface area contributed by atoms with Crippen molar-refractivity contribution in [2.45, 2.75) is 6.42 Å². The van der Waals surface area contributed by atoms with Gasteiger partial charge in [-0.2, -0.15) is 5.26 Å². The highest BCUT2D eigenvalue weighted by atomic mass is 35.5. The van der Waals surface area contributed by atoms with Gasteiger partial charge in [0.25, 0.3) is 0 Å². The number of nitrogens with zero attached hydrogens (tertiary/aromatic N) is 1. The molecule has 0 saturated carbocycles. The highest BCUT2D eigenvalue weighted by molar-refractivity contribution is 6.33. The van der Waals surface area contributed by atoms with Crippen molar-refractivity contribution in [2.75, 3.05) is 14.2 Å². The second-order valence-electron chi connectivity index (χ2n) is 2.76. The van der Waals surface area contributed by atoms with E-state index in [0.29, 0.717) is 17.1 Å². The highest BCUT2D eigenvalue weighted by Gasteiger charge is 2.17. The third kappa shape index (κ3) is 2.08. The SMILES string of the molecule is COc1cc(O)c(CC#N)c(Cl)c1OC. The van der Waals surface area contributed by atoms with E-state index in [1.807, 2.05) is 6.07 Å². The molecule has 0 amide bonds. The fourth-order valence-corrected chi connectivity index (χ4v) is 1.56. The van der Waals surface area contributed by atoms with Gasteiger partial charge in [-0.15, -0.1) is 0 Å². The van der Waals surface area contributed by atoms with E-state index in [1.165, 1.54) is 20.3 Å². The van der Waals surface area contributed by atoms with Crippen LogP contribution >= 0.6 is 11.6 Å². The molecule has 1 rings (SSSR count).